The second-order valence-electron chi connectivity index (χ2n) is 8.63. The maximum absolute atomic E-state index is 9.62. The average Bonchev–Trinajstić information content (AvgIpc) is 2.47. The third kappa shape index (κ3) is 2.75. The fourth-order valence-corrected chi connectivity index (χ4v) is 8.76. The Morgan fingerprint density at radius 1 is 1.39 bits per heavy atom. The first-order valence-corrected chi connectivity index (χ1v) is 11.0. The van der Waals surface area contributed by atoms with Crippen molar-refractivity contribution in [2.75, 3.05) is 0 Å². The number of nitrogens with zero attached hydrogens (tertiary/aromatic N) is 1. The summed E-state index contributed by atoms with van der Waals surface area (Å²) < 4.78 is 0.318. The van der Waals surface area contributed by atoms with Crippen molar-refractivity contribution in [1.82, 2.24) is 0 Å². The fourth-order valence-electron chi connectivity index (χ4n) is 6.34. The summed E-state index contributed by atoms with van der Waals surface area (Å²) in [5, 5.41) is 9.62. The van der Waals surface area contributed by atoms with Gasteiger partial charge in [-0.1, -0.05) is 0 Å². The minimum absolute atomic E-state index is 0.111. The summed E-state index contributed by atoms with van der Waals surface area (Å²) >= 11 is 0.111. The van der Waals surface area contributed by atoms with E-state index in [-0.39, 0.29) is 15.0 Å². The van der Waals surface area contributed by atoms with E-state index in [1.165, 1.54) is 36.8 Å². The quantitative estimate of drug-likeness (QED) is 0.466. The first-order chi connectivity index (χ1) is 10.9. The van der Waals surface area contributed by atoms with Crippen molar-refractivity contribution in [3.8, 4) is 4.97 Å². The van der Waals surface area contributed by atoms with Gasteiger partial charge >= 0.3 is 149 Å². The molecule has 0 aromatic rings. The van der Waals surface area contributed by atoms with Crippen LogP contribution in [0.2, 0.25) is 4.31 Å². The van der Waals surface area contributed by atoms with E-state index in [0.29, 0.717) is 10.2 Å². The van der Waals surface area contributed by atoms with E-state index < -0.39 is 0 Å². The SMILES string of the molecule is C=C(C)C[C@@H]1C[C@H](C)[C@H]2CC[C@H](C)[C@@]3([Se]C#N)CCC(=C)[C@@H]1[C@H]23. The second kappa shape index (κ2) is 6.42. The van der Waals surface area contributed by atoms with Gasteiger partial charge in [-0.3, -0.25) is 0 Å². The average molecular weight is 376 g/mol. The molecule has 0 aromatic carbocycles. The summed E-state index contributed by atoms with van der Waals surface area (Å²) in [6.45, 7) is 15.8. The molecule has 3 rings (SSSR count). The van der Waals surface area contributed by atoms with Gasteiger partial charge in [0.2, 0.25) is 0 Å². The van der Waals surface area contributed by atoms with E-state index >= 15 is 0 Å². The molecular formula is C21H31NSe. The molecule has 0 aliphatic heterocycles. The fraction of sp³-hybridized carbons (Fsp3) is 0.762. The molecule has 0 spiro atoms. The molecule has 0 bridgehead atoms. The molecule has 3 aliphatic rings. The summed E-state index contributed by atoms with van der Waals surface area (Å²) in [7, 11) is 0. The van der Waals surface area contributed by atoms with E-state index in [4.69, 9.17) is 0 Å². The molecule has 3 aliphatic carbocycles. The molecular weight excluding hydrogens is 345 g/mol. The van der Waals surface area contributed by atoms with Crippen LogP contribution in [0.1, 0.15) is 59.3 Å². The van der Waals surface area contributed by atoms with Crippen molar-refractivity contribution in [3.05, 3.63) is 24.3 Å². The maximum atomic E-state index is 9.62. The van der Waals surface area contributed by atoms with Crippen molar-refractivity contribution in [2.24, 2.45) is 35.5 Å². The van der Waals surface area contributed by atoms with Gasteiger partial charge in [0.15, 0.2) is 0 Å². The van der Waals surface area contributed by atoms with Gasteiger partial charge in [0, 0.05) is 0 Å². The van der Waals surface area contributed by atoms with Gasteiger partial charge in [0.05, 0.1) is 0 Å². The van der Waals surface area contributed by atoms with Crippen LogP contribution in [0.25, 0.3) is 0 Å². The number of rotatable bonds is 3. The molecule has 2 heteroatoms. The summed E-state index contributed by atoms with van der Waals surface area (Å²) in [6, 6.07) is 0. The number of nitriles is 1. The molecule has 0 saturated heterocycles. The minimum atomic E-state index is 0.111. The standard InChI is InChI=1S/C21H31NSe/c1-13(2)10-17-11-15(4)18-7-6-16(5)21(23-12-22)9-8-14(3)19(17)20(18)21/h15-20H,1,3,6-11H2,2,4-5H3/t15-,16-,17+,18+,19-,20-,21-/m0/s1. The van der Waals surface area contributed by atoms with Crippen LogP contribution in [0.5, 0.6) is 0 Å². The third-order valence-corrected chi connectivity index (χ3v) is 10.1. The molecule has 3 fully saturated rings. The summed E-state index contributed by atoms with van der Waals surface area (Å²) in [5.74, 6) is 4.43. The van der Waals surface area contributed by atoms with Crippen molar-refractivity contribution < 1.29 is 0 Å². The molecule has 0 unspecified atom stereocenters. The Bertz CT molecular complexity index is 545. The molecule has 0 heterocycles. The van der Waals surface area contributed by atoms with Gasteiger partial charge in [-0.2, -0.15) is 0 Å². The Labute approximate surface area is 148 Å². The number of allylic oxidation sites excluding steroid dienone is 2. The number of hydrogen-bond acceptors (Lipinski definition) is 1. The van der Waals surface area contributed by atoms with E-state index in [9.17, 15) is 5.26 Å². The predicted octanol–water partition coefficient (Wildman–Crippen LogP) is 5.58. The van der Waals surface area contributed by atoms with Crippen LogP contribution in [0.4, 0.5) is 0 Å². The van der Waals surface area contributed by atoms with Gasteiger partial charge in [0.25, 0.3) is 0 Å². The van der Waals surface area contributed by atoms with Crippen molar-refractivity contribution in [2.45, 2.75) is 63.6 Å². The molecule has 126 valence electrons. The Morgan fingerprint density at radius 3 is 2.78 bits per heavy atom. The van der Waals surface area contributed by atoms with Gasteiger partial charge in [-0.05, 0) is 0 Å². The normalized spacial score (nSPS) is 45.9. The van der Waals surface area contributed by atoms with Crippen LogP contribution in [-0.2, 0) is 0 Å². The molecule has 0 aromatic heterocycles. The van der Waals surface area contributed by atoms with Crippen molar-refractivity contribution in [1.29, 1.82) is 5.26 Å². The Balaban J connectivity index is 2.04. The zero-order valence-corrected chi connectivity index (χ0v) is 16.7. The summed E-state index contributed by atoms with van der Waals surface area (Å²) in [6.07, 6.45) is 7.58. The van der Waals surface area contributed by atoms with Crippen LogP contribution in [-0.4, -0.2) is 15.0 Å². The van der Waals surface area contributed by atoms with Gasteiger partial charge in [-0.15, -0.1) is 0 Å². The Morgan fingerprint density at radius 2 is 2.13 bits per heavy atom. The zero-order valence-electron chi connectivity index (χ0n) is 15.0. The second-order valence-corrected chi connectivity index (χ2v) is 11.0. The van der Waals surface area contributed by atoms with Crippen LogP contribution in [0.15, 0.2) is 24.3 Å². The zero-order chi connectivity index (χ0) is 16.8. The molecule has 1 nitrogen and oxygen atoms in total. The Kier molecular flexibility index (Phi) is 4.83. The first-order valence-electron chi connectivity index (χ1n) is 9.29. The number of hydrogen-bond donors (Lipinski definition) is 0. The topological polar surface area (TPSA) is 23.8 Å². The molecule has 0 radical (unpaired) electrons. The van der Waals surface area contributed by atoms with E-state index in [0.717, 1.165) is 42.4 Å². The predicted molar refractivity (Wildman–Crippen MR) is 98.0 cm³/mol. The van der Waals surface area contributed by atoms with Gasteiger partial charge in [0.1, 0.15) is 0 Å². The summed E-state index contributed by atoms with van der Waals surface area (Å²) in [5.41, 5.74) is 2.82. The van der Waals surface area contributed by atoms with E-state index in [1.54, 1.807) is 0 Å². The first kappa shape index (κ1) is 17.3. The molecule has 0 amide bonds. The van der Waals surface area contributed by atoms with E-state index in [1.807, 2.05) is 0 Å². The van der Waals surface area contributed by atoms with Crippen LogP contribution < -0.4 is 0 Å². The summed E-state index contributed by atoms with van der Waals surface area (Å²) in [4.78, 5) is 2.65. The van der Waals surface area contributed by atoms with E-state index in [2.05, 4.69) is 38.9 Å². The molecule has 3 saturated carbocycles. The molecule has 7 atom stereocenters. The van der Waals surface area contributed by atoms with Crippen LogP contribution >= 0.6 is 0 Å². The molecule has 23 heavy (non-hydrogen) atoms. The van der Waals surface area contributed by atoms with Gasteiger partial charge in [-0.25, -0.2) is 0 Å². The van der Waals surface area contributed by atoms with Crippen molar-refractivity contribution >= 4 is 15.0 Å². The monoisotopic (exact) mass is 377 g/mol. The third-order valence-electron chi connectivity index (χ3n) is 7.25. The van der Waals surface area contributed by atoms with Crippen LogP contribution in [0, 0.1) is 45.7 Å². The Hall–Kier alpha value is -0.511. The van der Waals surface area contributed by atoms with Gasteiger partial charge < -0.3 is 0 Å². The van der Waals surface area contributed by atoms with Crippen molar-refractivity contribution in [3.63, 3.8) is 0 Å². The van der Waals surface area contributed by atoms with Crippen LogP contribution in [0.3, 0.4) is 0 Å². The molecule has 0 N–H and O–H groups in total.